The molecule has 2 aromatic heterocycles. The Bertz CT molecular complexity index is 502. The summed E-state index contributed by atoms with van der Waals surface area (Å²) in [7, 11) is 0. The van der Waals surface area contributed by atoms with E-state index in [4.69, 9.17) is 11.6 Å². The van der Waals surface area contributed by atoms with E-state index in [-0.39, 0.29) is 0 Å². The minimum Gasteiger partial charge on any atom is -0.366 e. The summed E-state index contributed by atoms with van der Waals surface area (Å²) in [5, 5.41) is 3.82. The fraction of sp³-hybridized carbons (Fsp3) is 0.308. The third kappa shape index (κ3) is 3.17. The van der Waals surface area contributed by atoms with E-state index in [0.29, 0.717) is 11.7 Å². The average Bonchev–Trinajstić information content (AvgIpc) is 2.41. The lowest BCUT2D eigenvalue weighted by Crippen LogP contribution is -2.06. The van der Waals surface area contributed by atoms with Crippen LogP contribution in [0.15, 0.2) is 30.9 Å². The Labute approximate surface area is 111 Å². The van der Waals surface area contributed by atoms with Crippen LogP contribution in [-0.2, 0) is 13.0 Å². The zero-order valence-corrected chi connectivity index (χ0v) is 11.0. The summed E-state index contributed by atoms with van der Waals surface area (Å²) < 4.78 is 0. The molecule has 0 spiro atoms. The van der Waals surface area contributed by atoms with Gasteiger partial charge in [-0.15, -0.1) is 0 Å². The van der Waals surface area contributed by atoms with Crippen LogP contribution in [-0.4, -0.2) is 15.0 Å². The van der Waals surface area contributed by atoms with E-state index in [0.717, 1.165) is 29.8 Å². The number of aromatic nitrogens is 3. The molecule has 4 nitrogen and oxygen atoms in total. The summed E-state index contributed by atoms with van der Waals surface area (Å²) in [5.41, 5.74) is 2.14. The van der Waals surface area contributed by atoms with Crippen LogP contribution in [0.1, 0.15) is 24.5 Å². The van der Waals surface area contributed by atoms with Crippen molar-refractivity contribution in [3.05, 3.63) is 47.1 Å². The summed E-state index contributed by atoms with van der Waals surface area (Å²) in [5.74, 6) is 0.814. The normalized spacial score (nSPS) is 10.3. The van der Waals surface area contributed by atoms with E-state index in [9.17, 15) is 0 Å². The fourth-order valence-electron chi connectivity index (χ4n) is 1.70. The molecule has 0 fully saturated rings. The van der Waals surface area contributed by atoms with Gasteiger partial charge in [-0.05, 0) is 24.1 Å². The van der Waals surface area contributed by atoms with Gasteiger partial charge in [-0.2, -0.15) is 0 Å². The predicted octanol–water partition coefficient (Wildman–Crippen LogP) is 3.09. The van der Waals surface area contributed by atoms with Crippen LogP contribution in [0.4, 0.5) is 5.82 Å². The largest absolute Gasteiger partial charge is 0.366 e. The minimum atomic E-state index is 0.532. The molecule has 0 saturated carbocycles. The van der Waals surface area contributed by atoms with Gasteiger partial charge in [0.1, 0.15) is 17.3 Å². The second-order valence-electron chi connectivity index (χ2n) is 3.95. The molecule has 0 bridgehead atoms. The third-order valence-electron chi connectivity index (χ3n) is 2.60. The maximum absolute atomic E-state index is 6.09. The number of nitrogens with zero attached hydrogens (tertiary/aromatic N) is 3. The molecule has 1 N–H and O–H groups in total. The van der Waals surface area contributed by atoms with Crippen molar-refractivity contribution in [2.45, 2.75) is 26.3 Å². The van der Waals surface area contributed by atoms with E-state index in [1.165, 1.54) is 6.33 Å². The van der Waals surface area contributed by atoms with Gasteiger partial charge in [0, 0.05) is 24.5 Å². The van der Waals surface area contributed by atoms with Gasteiger partial charge in [-0.3, -0.25) is 4.98 Å². The summed E-state index contributed by atoms with van der Waals surface area (Å²) in [6, 6.07) is 3.94. The van der Waals surface area contributed by atoms with Crippen molar-refractivity contribution in [2.24, 2.45) is 0 Å². The van der Waals surface area contributed by atoms with Crippen molar-refractivity contribution in [3.8, 4) is 0 Å². The Morgan fingerprint density at radius 2 is 2.00 bits per heavy atom. The number of rotatable bonds is 5. The Balaban J connectivity index is 2.11. The van der Waals surface area contributed by atoms with E-state index in [2.05, 4.69) is 27.2 Å². The van der Waals surface area contributed by atoms with E-state index in [1.807, 2.05) is 12.1 Å². The van der Waals surface area contributed by atoms with Gasteiger partial charge in [0.15, 0.2) is 0 Å². The Hall–Kier alpha value is -1.68. The molecule has 0 aliphatic rings. The molecular formula is C13H15ClN4. The van der Waals surface area contributed by atoms with Crippen LogP contribution in [0, 0.1) is 0 Å². The number of halogens is 1. The second-order valence-corrected chi connectivity index (χ2v) is 4.31. The molecule has 0 radical (unpaired) electrons. The number of hydrogen-bond donors (Lipinski definition) is 1. The van der Waals surface area contributed by atoms with Crippen LogP contribution in [0.5, 0.6) is 0 Å². The third-order valence-corrected chi connectivity index (χ3v) is 2.93. The quantitative estimate of drug-likeness (QED) is 0.842. The van der Waals surface area contributed by atoms with Crippen LogP contribution >= 0.6 is 11.6 Å². The van der Waals surface area contributed by atoms with Gasteiger partial charge in [0.2, 0.25) is 0 Å². The summed E-state index contributed by atoms with van der Waals surface area (Å²) in [4.78, 5) is 12.3. The smallest absolute Gasteiger partial charge is 0.137 e. The van der Waals surface area contributed by atoms with Crippen LogP contribution < -0.4 is 5.32 Å². The first-order valence-corrected chi connectivity index (χ1v) is 6.31. The highest BCUT2D eigenvalue weighted by molar-refractivity contribution is 6.30. The van der Waals surface area contributed by atoms with Crippen LogP contribution in [0.2, 0.25) is 5.15 Å². The van der Waals surface area contributed by atoms with Gasteiger partial charge in [0.25, 0.3) is 0 Å². The van der Waals surface area contributed by atoms with Crippen molar-refractivity contribution >= 4 is 17.4 Å². The first kappa shape index (κ1) is 12.8. The van der Waals surface area contributed by atoms with Crippen molar-refractivity contribution in [2.75, 3.05) is 5.32 Å². The van der Waals surface area contributed by atoms with Crippen molar-refractivity contribution in [3.63, 3.8) is 0 Å². The van der Waals surface area contributed by atoms with Crippen molar-refractivity contribution in [1.82, 2.24) is 15.0 Å². The molecule has 0 aliphatic carbocycles. The summed E-state index contributed by atoms with van der Waals surface area (Å²) in [6.07, 6.45) is 6.92. The predicted molar refractivity (Wildman–Crippen MR) is 72.6 cm³/mol. The standard InChI is InChI=1S/C13H15ClN4/c1-2-3-11-12(14)17-9-18-13(11)16-8-10-4-6-15-7-5-10/h4-7,9H,2-3,8H2,1H3,(H,16,17,18). The molecule has 0 saturated heterocycles. The Morgan fingerprint density at radius 3 is 2.72 bits per heavy atom. The Morgan fingerprint density at radius 1 is 1.22 bits per heavy atom. The van der Waals surface area contributed by atoms with E-state index >= 15 is 0 Å². The van der Waals surface area contributed by atoms with Gasteiger partial charge in [0.05, 0.1) is 0 Å². The van der Waals surface area contributed by atoms with Crippen molar-refractivity contribution in [1.29, 1.82) is 0 Å². The lowest BCUT2D eigenvalue weighted by Gasteiger charge is -2.11. The fourth-order valence-corrected chi connectivity index (χ4v) is 1.93. The van der Waals surface area contributed by atoms with Gasteiger partial charge in [-0.1, -0.05) is 24.9 Å². The highest BCUT2D eigenvalue weighted by Crippen LogP contribution is 2.21. The molecule has 2 aromatic rings. The molecule has 0 atom stereocenters. The summed E-state index contributed by atoms with van der Waals surface area (Å²) in [6.45, 7) is 2.81. The first-order chi connectivity index (χ1) is 8.81. The topological polar surface area (TPSA) is 50.7 Å². The molecule has 0 aromatic carbocycles. The highest BCUT2D eigenvalue weighted by Gasteiger charge is 2.08. The molecule has 0 amide bonds. The SMILES string of the molecule is CCCc1c(Cl)ncnc1NCc1ccncc1. The Kier molecular flexibility index (Phi) is 4.47. The lowest BCUT2D eigenvalue weighted by atomic mass is 10.2. The van der Waals surface area contributed by atoms with Crippen molar-refractivity contribution < 1.29 is 0 Å². The minimum absolute atomic E-state index is 0.532. The molecular weight excluding hydrogens is 248 g/mol. The number of hydrogen-bond acceptors (Lipinski definition) is 4. The first-order valence-electron chi connectivity index (χ1n) is 5.93. The van der Waals surface area contributed by atoms with Crippen LogP contribution in [0.3, 0.4) is 0 Å². The van der Waals surface area contributed by atoms with E-state index in [1.54, 1.807) is 12.4 Å². The van der Waals surface area contributed by atoms with E-state index < -0.39 is 0 Å². The number of anilines is 1. The number of pyridine rings is 1. The molecule has 0 unspecified atom stereocenters. The molecule has 18 heavy (non-hydrogen) atoms. The average molecular weight is 263 g/mol. The molecule has 5 heteroatoms. The van der Waals surface area contributed by atoms with Gasteiger partial charge >= 0.3 is 0 Å². The highest BCUT2D eigenvalue weighted by atomic mass is 35.5. The lowest BCUT2D eigenvalue weighted by molar-refractivity contribution is 0.897. The molecule has 2 rings (SSSR count). The second kappa shape index (κ2) is 6.31. The molecule has 2 heterocycles. The zero-order chi connectivity index (χ0) is 12.8. The maximum atomic E-state index is 6.09. The number of nitrogens with one attached hydrogen (secondary N) is 1. The summed E-state index contributed by atoms with van der Waals surface area (Å²) >= 11 is 6.09. The molecule has 94 valence electrons. The zero-order valence-electron chi connectivity index (χ0n) is 10.2. The molecule has 0 aliphatic heterocycles. The van der Waals surface area contributed by atoms with Gasteiger partial charge in [-0.25, -0.2) is 9.97 Å². The van der Waals surface area contributed by atoms with Gasteiger partial charge < -0.3 is 5.32 Å². The maximum Gasteiger partial charge on any atom is 0.137 e. The van der Waals surface area contributed by atoms with Crippen LogP contribution in [0.25, 0.3) is 0 Å². The monoisotopic (exact) mass is 262 g/mol.